The number of nitrogens with zero attached hydrogens (tertiary/aromatic N) is 4. The Bertz CT molecular complexity index is 1510. The van der Waals surface area contributed by atoms with Crippen LogP contribution in [0.5, 0.6) is 0 Å². The number of alkyl halides is 1. The highest BCUT2D eigenvalue weighted by atomic mass is 35.5. The molecule has 0 N–H and O–H groups in total. The molecule has 1 aromatic heterocycles. The van der Waals surface area contributed by atoms with Gasteiger partial charge in [0.2, 0.25) is 5.91 Å². The smallest absolute Gasteiger partial charge is 0.264 e. The number of benzene rings is 2. The van der Waals surface area contributed by atoms with E-state index in [9.17, 15) is 9.59 Å². The number of rotatable bonds is 3. The molecule has 3 heterocycles. The summed E-state index contributed by atoms with van der Waals surface area (Å²) >= 11 is 13.1. The SMILES string of the molecule is C=CC(=O)N1CC[C@@]2(C1)c1c(ccc(Cl)c1Cl)C(F)[N+]2(C)c1cc(F)c2ncn(C(C)C)c(=O)c2c1. The highest BCUT2D eigenvalue weighted by Crippen LogP contribution is 2.60. The molecule has 1 amide bonds. The molecule has 6 nitrogen and oxygen atoms in total. The summed E-state index contributed by atoms with van der Waals surface area (Å²) in [6, 6.07) is 5.66. The van der Waals surface area contributed by atoms with Gasteiger partial charge in [-0.3, -0.25) is 18.6 Å². The Morgan fingerprint density at radius 1 is 1.33 bits per heavy atom. The fourth-order valence-corrected chi connectivity index (χ4v) is 6.37. The van der Waals surface area contributed by atoms with Crippen LogP contribution in [0.15, 0.2) is 48.0 Å². The van der Waals surface area contributed by atoms with Crippen molar-refractivity contribution in [1.82, 2.24) is 18.9 Å². The molecule has 0 aliphatic carbocycles. The van der Waals surface area contributed by atoms with E-state index >= 15 is 8.78 Å². The molecular formula is C26H25Cl2F2N4O2+. The van der Waals surface area contributed by atoms with Crippen molar-refractivity contribution in [1.29, 1.82) is 0 Å². The Morgan fingerprint density at radius 2 is 2.06 bits per heavy atom. The number of likely N-dealkylation sites (N-methyl/N-ethyl adjacent to an activating group) is 1. The molecule has 1 fully saturated rings. The van der Waals surface area contributed by atoms with E-state index in [-0.39, 0.29) is 45.1 Å². The minimum Gasteiger partial charge on any atom is -0.332 e. The minimum atomic E-state index is -1.66. The number of halogens is 4. The van der Waals surface area contributed by atoms with E-state index in [4.69, 9.17) is 23.2 Å². The molecule has 36 heavy (non-hydrogen) atoms. The minimum absolute atomic E-state index is 0.0556. The molecule has 3 atom stereocenters. The van der Waals surface area contributed by atoms with E-state index in [1.807, 2.05) is 13.8 Å². The molecule has 3 aromatic rings. The molecule has 1 saturated heterocycles. The number of quaternary nitrogens is 1. The quantitative estimate of drug-likeness (QED) is 0.248. The number of amides is 1. The first-order valence-corrected chi connectivity index (χ1v) is 12.3. The van der Waals surface area contributed by atoms with Crippen molar-refractivity contribution in [2.45, 2.75) is 38.1 Å². The lowest BCUT2D eigenvalue weighted by Gasteiger charge is -2.45. The number of carbonyl (C=O) groups excluding carboxylic acids is 1. The number of carbonyl (C=O) groups is 1. The molecule has 10 heteroatoms. The summed E-state index contributed by atoms with van der Waals surface area (Å²) in [6.45, 7) is 7.66. The summed E-state index contributed by atoms with van der Waals surface area (Å²) < 4.78 is 33.1. The van der Waals surface area contributed by atoms with Gasteiger partial charge in [0.05, 0.1) is 40.9 Å². The zero-order valence-electron chi connectivity index (χ0n) is 20.1. The molecule has 2 aliphatic heterocycles. The number of hydrogen-bond donors (Lipinski definition) is 0. The summed E-state index contributed by atoms with van der Waals surface area (Å²) in [6.07, 6.45) is 1.22. The van der Waals surface area contributed by atoms with Gasteiger partial charge in [-0.25, -0.2) is 9.37 Å². The number of fused-ring (bicyclic) bond motifs is 3. The van der Waals surface area contributed by atoms with Crippen LogP contribution in [0, 0.1) is 5.82 Å². The largest absolute Gasteiger partial charge is 0.332 e. The van der Waals surface area contributed by atoms with Gasteiger partial charge in [-0.15, -0.1) is 0 Å². The Labute approximate surface area is 216 Å². The summed E-state index contributed by atoms with van der Waals surface area (Å²) in [4.78, 5) is 31.5. The molecule has 0 radical (unpaired) electrons. The Hall–Kier alpha value is -2.81. The van der Waals surface area contributed by atoms with Crippen LogP contribution in [-0.4, -0.2) is 40.5 Å². The lowest BCUT2D eigenvalue weighted by molar-refractivity contribution is -0.125. The Balaban J connectivity index is 1.82. The molecule has 188 valence electrons. The maximum Gasteiger partial charge on any atom is 0.264 e. The van der Waals surface area contributed by atoms with Gasteiger partial charge in [-0.2, -0.15) is 4.39 Å². The van der Waals surface area contributed by atoms with E-state index in [1.165, 1.54) is 35.2 Å². The average Bonchev–Trinajstić information content (AvgIpc) is 3.37. The lowest BCUT2D eigenvalue weighted by atomic mass is 9.86. The van der Waals surface area contributed by atoms with Gasteiger partial charge >= 0.3 is 0 Å². The van der Waals surface area contributed by atoms with Crippen LogP contribution in [0.3, 0.4) is 0 Å². The van der Waals surface area contributed by atoms with Crippen molar-refractivity contribution in [3.8, 4) is 0 Å². The van der Waals surface area contributed by atoms with Crippen molar-refractivity contribution < 1.29 is 13.6 Å². The second-order valence-corrected chi connectivity index (χ2v) is 10.6. The molecule has 2 unspecified atom stereocenters. The first-order valence-electron chi connectivity index (χ1n) is 11.6. The van der Waals surface area contributed by atoms with Crippen LogP contribution < -0.4 is 10.0 Å². The van der Waals surface area contributed by atoms with Gasteiger partial charge < -0.3 is 4.90 Å². The predicted molar refractivity (Wildman–Crippen MR) is 137 cm³/mol. The highest BCUT2D eigenvalue weighted by molar-refractivity contribution is 6.42. The van der Waals surface area contributed by atoms with Crippen LogP contribution in [0.2, 0.25) is 10.0 Å². The highest BCUT2D eigenvalue weighted by Gasteiger charge is 2.66. The van der Waals surface area contributed by atoms with Gasteiger partial charge in [0.15, 0.2) is 11.4 Å². The second kappa shape index (κ2) is 8.36. The van der Waals surface area contributed by atoms with Crippen molar-refractivity contribution in [3.05, 3.63) is 80.6 Å². The predicted octanol–water partition coefficient (Wildman–Crippen LogP) is 5.66. The fraction of sp³-hybridized carbons (Fsp3) is 0.346. The fourth-order valence-electron chi connectivity index (χ4n) is 5.86. The average molecular weight is 534 g/mol. The zero-order chi connectivity index (χ0) is 26.2. The molecule has 1 spiro atoms. The van der Waals surface area contributed by atoms with Crippen LogP contribution in [0.25, 0.3) is 10.9 Å². The maximum absolute atomic E-state index is 16.6. The summed E-state index contributed by atoms with van der Waals surface area (Å²) in [5.74, 6) is -1.02. The third-order valence-corrected chi connectivity index (χ3v) is 8.65. The van der Waals surface area contributed by atoms with Crippen molar-refractivity contribution in [2.75, 3.05) is 20.1 Å². The molecule has 5 rings (SSSR count). The van der Waals surface area contributed by atoms with Crippen molar-refractivity contribution in [3.63, 3.8) is 0 Å². The van der Waals surface area contributed by atoms with E-state index in [2.05, 4.69) is 11.6 Å². The molecule has 2 aliphatic rings. The summed E-state index contributed by atoms with van der Waals surface area (Å²) in [5.41, 5.74) is -0.508. The first kappa shape index (κ1) is 24.9. The van der Waals surface area contributed by atoms with E-state index in [0.29, 0.717) is 24.1 Å². The third kappa shape index (κ3) is 3.14. The van der Waals surface area contributed by atoms with E-state index in [1.54, 1.807) is 18.0 Å². The maximum atomic E-state index is 16.6. The van der Waals surface area contributed by atoms with Gasteiger partial charge in [-0.1, -0.05) is 29.8 Å². The van der Waals surface area contributed by atoms with Gasteiger partial charge in [-0.05, 0) is 32.1 Å². The van der Waals surface area contributed by atoms with Crippen molar-refractivity contribution in [2.24, 2.45) is 0 Å². The van der Waals surface area contributed by atoms with Crippen molar-refractivity contribution >= 4 is 45.7 Å². The summed E-state index contributed by atoms with van der Waals surface area (Å²) in [7, 11) is 1.65. The second-order valence-electron chi connectivity index (χ2n) is 9.86. The zero-order valence-corrected chi connectivity index (χ0v) is 21.6. The summed E-state index contributed by atoms with van der Waals surface area (Å²) in [5, 5.41) is 0.523. The van der Waals surface area contributed by atoms with Crippen LogP contribution >= 0.6 is 23.2 Å². The monoisotopic (exact) mass is 533 g/mol. The molecule has 2 aromatic carbocycles. The van der Waals surface area contributed by atoms with Crippen LogP contribution in [0.4, 0.5) is 14.5 Å². The number of likely N-dealkylation sites (tertiary alicyclic amines) is 1. The molecular weight excluding hydrogens is 509 g/mol. The van der Waals surface area contributed by atoms with Crippen LogP contribution in [-0.2, 0) is 10.3 Å². The lowest BCUT2D eigenvalue weighted by Crippen LogP contribution is -2.59. The Kier molecular flexibility index (Phi) is 5.78. The van der Waals surface area contributed by atoms with Gasteiger partial charge in [0.1, 0.15) is 11.2 Å². The molecule has 0 saturated carbocycles. The Morgan fingerprint density at radius 3 is 2.72 bits per heavy atom. The van der Waals surface area contributed by atoms with Gasteiger partial charge in [0.25, 0.3) is 11.9 Å². The van der Waals surface area contributed by atoms with Gasteiger partial charge in [0, 0.05) is 36.7 Å². The number of hydrogen-bond acceptors (Lipinski definition) is 3. The normalized spacial score (nSPS) is 25.2. The topological polar surface area (TPSA) is 55.2 Å². The first-order chi connectivity index (χ1) is 17.0. The third-order valence-electron chi connectivity index (χ3n) is 7.84. The number of aromatic nitrogens is 2. The van der Waals surface area contributed by atoms with E-state index in [0.717, 1.165) is 0 Å². The van der Waals surface area contributed by atoms with Crippen LogP contribution in [0.1, 0.15) is 43.7 Å². The van der Waals surface area contributed by atoms with E-state index < -0.39 is 27.7 Å². The molecule has 0 bridgehead atoms. The standard InChI is InChI=1S/C26H25Cl2F2N4O2/c1-5-20(35)32-9-8-26(12-32)21-16(6-7-18(27)22(21)28)24(30)34(26,4)15-10-17-23(19(29)11-15)31-13-33(14(2)3)25(17)36/h5-7,10-11,13-14,24H,1,8-9,12H2,2-4H3/q+1/t24?,26-,34?/m1/s1.